The molecule has 0 unspecified atom stereocenters. The van der Waals surface area contributed by atoms with E-state index in [1.54, 1.807) is 18.6 Å². The number of piperidine rings is 1. The highest BCUT2D eigenvalue weighted by molar-refractivity contribution is 5.92. The summed E-state index contributed by atoms with van der Waals surface area (Å²) in [4.78, 5) is 31.5. The zero-order valence-corrected chi connectivity index (χ0v) is 14.4. The van der Waals surface area contributed by atoms with Gasteiger partial charge in [0.25, 0.3) is 5.91 Å². The molecule has 2 saturated heterocycles. The van der Waals surface area contributed by atoms with Gasteiger partial charge in [0, 0.05) is 25.5 Å². The fourth-order valence-corrected chi connectivity index (χ4v) is 3.62. The lowest BCUT2D eigenvalue weighted by Gasteiger charge is -2.33. The Balaban J connectivity index is 1.44. The molecule has 0 bridgehead atoms. The number of rotatable bonds is 2. The van der Waals surface area contributed by atoms with Gasteiger partial charge in [0.1, 0.15) is 17.6 Å². The smallest absolute Gasteiger partial charge is 0.274 e. The van der Waals surface area contributed by atoms with Gasteiger partial charge in [0.05, 0.1) is 23.7 Å². The van der Waals surface area contributed by atoms with Gasteiger partial charge >= 0.3 is 0 Å². The van der Waals surface area contributed by atoms with Crippen LogP contribution in [0, 0.1) is 19.8 Å². The van der Waals surface area contributed by atoms with Gasteiger partial charge in [-0.05, 0) is 38.7 Å². The standard InChI is InChI=1S/C18H21N5O2/c1-11-8-21-15(9-20-11)18(24)23-6-4-13-7-16(25-17(13)10-23)14-3-5-19-12(2)22-14/h3,5,8-9,13,16-17H,4,6-7,10H2,1-2H3/t13-,16+,17+/m1/s1. The van der Waals surface area contributed by atoms with Crippen molar-refractivity contribution in [2.45, 2.75) is 38.9 Å². The van der Waals surface area contributed by atoms with Crippen LogP contribution in [0.3, 0.4) is 0 Å². The summed E-state index contributed by atoms with van der Waals surface area (Å²) in [6, 6.07) is 1.92. The van der Waals surface area contributed by atoms with E-state index in [2.05, 4.69) is 19.9 Å². The van der Waals surface area contributed by atoms with Crippen molar-refractivity contribution in [3.05, 3.63) is 47.6 Å². The summed E-state index contributed by atoms with van der Waals surface area (Å²) >= 11 is 0. The summed E-state index contributed by atoms with van der Waals surface area (Å²) in [6.07, 6.45) is 6.88. The van der Waals surface area contributed by atoms with Gasteiger partial charge in [-0.3, -0.25) is 9.78 Å². The maximum absolute atomic E-state index is 12.6. The van der Waals surface area contributed by atoms with Gasteiger partial charge in [-0.2, -0.15) is 0 Å². The van der Waals surface area contributed by atoms with E-state index in [0.717, 1.165) is 36.6 Å². The third kappa shape index (κ3) is 3.24. The average molecular weight is 339 g/mol. The molecule has 0 aromatic carbocycles. The van der Waals surface area contributed by atoms with Crippen LogP contribution in [0.5, 0.6) is 0 Å². The highest BCUT2D eigenvalue weighted by atomic mass is 16.5. The molecule has 2 aromatic rings. The van der Waals surface area contributed by atoms with Gasteiger partial charge in [0.2, 0.25) is 0 Å². The van der Waals surface area contributed by atoms with E-state index in [9.17, 15) is 4.79 Å². The number of carbonyl (C=O) groups excluding carboxylic acids is 1. The van der Waals surface area contributed by atoms with Crippen LogP contribution in [0.25, 0.3) is 0 Å². The quantitative estimate of drug-likeness (QED) is 0.831. The minimum Gasteiger partial charge on any atom is -0.367 e. The topological polar surface area (TPSA) is 81.1 Å². The molecule has 7 heteroatoms. The minimum atomic E-state index is -0.0733. The number of ether oxygens (including phenoxy) is 1. The van der Waals surface area contributed by atoms with Gasteiger partial charge in [-0.25, -0.2) is 15.0 Å². The van der Waals surface area contributed by atoms with Gasteiger partial charge in [-0.15, -0.1) is 0 Å². The van der Waals surface area contributed by atoms with E-state index >= 15 is 0 Å². The first-order valence-electron chi connectivity index (χ1n) is 8.63. The number of hydrogen-bond acceptors (Lipinski definition) is 6. The molecule has 7 nitrogen and oxygen atoms in total. The van der Waals surface area contributed by atoms with Crippen molar-refractivity contribution in [3.8, 4) is 0 Å². The molecule has 2 aromatic heterocycles. The molecule has 4 heterocycles. The molecule has 0 aliphatic carbocycles. The summed E-state index contributed by atoms with van der Waals surface area (Å²) in [7, 11) is 0. The largest absolute Gasteiger partial charge is 0.367 e. The van der Waals surface area contributed by atoms with Gasteiger partial charge in [0.15, 0.2) is 0 Å². The van der Waals surface area contributed by atoms with E-state index in [1.165, 1.54) is 0 Å². The zero-order valence-electron chi connectivity index (χ0n) is 14.4. The van der Waals surface area contributed by atoms with Crippen LogP contribution >= 0.6 is 0 Å². The summed E-state index contributed by atoms with van der Waals surface area (Å²) < 4.78 is 6.22. The Bertz CT molecular complexity index is 779. The van der Waals surface area contributed by atoms with Gasteiger partial charge in [-0.1, -0.05) is 0 Å². The van der Waals surface area contributed by atoms with Crippen molar-refractivity contribution in [2.75, 3.05) is 13.1 Å². The molecule has 2 fully saturated rings. The van der Waals surface area contributed by atoms with Crippen molar-refractivity contribution in [1.29, 1.82) is 0 Å². The molecular formula is C18H21N5O2. The SMILES string of the molecule is Cc1cnc(C(=O)N2CC[C@@H]3C[C@@H](c4ccnc(C)n4)O[C@H]3C2)cn1. The Morgan fingerprint density at radius 1 is 1.24 bits per heavy atom. The Labute approximate surface area is 146 Å². The van der Waals surface area contributed by atoms with E-state index in [4.69, 9.17) is 4.74 Å². The van der Waals surface area contributed by atoms with Crippen molar-refractivity contribution >= 4 is 5.91 Å². The second-order valence-corrected chi connectivity index (χ2v) is 6.77. The summed E-state index contributed by atoms with van der Waals surface area (Å²) in [5, 5.41) is 0. The lowest BCUT2D eigenvalue weighted by Crippen LogP contribution is -2.45. The lowest BCUT2D eigenvalue weighted by atomic mass is 9.91. The van der Waals surface area contributed by atoms with E-state index in [-0.39, 0.29) is 18.1 Å². The first kappa shape index (κ1) is 16.1. The molecule has 0 N–H and O–H groups in total. The predicted molar refractivity (Wildman–Crippen MR) is 89.8 cm³/mol. The number of carbonyl (C=O) groups is 1. The minimum absolute atomic E-state index is 0.00841. The summed E-state index contributed by atoms with van der Waals surface area (Å²) in [6.45, 7) is 5.07. The fourth-order valence-electron chi connectivity index (χ4n) is 3.62. The van der Waals surface area contributed by atoms with E-state index in [0.29, 0.717) is 18.2 Å². The zero-order chi connectivity index (χ0) is 17.4. The highest BCUT2D eigenvalue weighted by Gasteiger charge is 2.41. The second-order valence-electron chi connectivity index (χ2n) is 6.77. The molecule has 0 saturated carbocycles. The van der Waals surface area contributed by atoms with Crippen LogP contribution in [0.2, 0.25) is 0 Å². The lowest BCUT2D eigenvalue weighted by molar-refractivity contribution is -0.00585. The Morgan fingerprint density at radius 3 is 2.88 bits per heavy atom. The third-order valence-electron chi connectivity index (χ3n) is 4.97. The molecule has 0 spiro atoms. The van der Waals surface area contributed by atoms with Gasteiger partial charge < -0.3 is 9.64 Å². The summed E-state index contributed by atoms with van der Waals surface area (Å²) in [5.74, 6) is 1.15. The van der Waals surface area contributed by atoms with Crippen LogP contribution in [-0.4, -0.2) is 49.9 Å². The Hall–Kier alpha value is -2.41. The maximum Gasteiger partial charge on any atom is 0.274 e. The number of nitrogens with zero attached hydrogens (tertiary/aromatic N) is 5. The Kier molecular flexibility index (Phi) is 4.17. The molecule has 1 amide bonds. The predicted octanol–water partition coefficient (Wildman–Crippen LogP) is 1.88. The third-order valence-corrected chi connectivity index (χ3v) is 4.97. The van der Waals surface area contributed by atoms with Crippen LogP contribution in [-0.2, 0) is 4.74 Å². The molecular weight excluding hydrogens is 318 g/mol. The first-order valence-corrected chi connectivity index (χ1v) is 8.63. The molecule has 130 valence electrons. The average Bonchev–Trinajstić information content (AvgIpc) is 3.05. The number of aromatic nitrogens is 4. The van der Waals surface area contributed by atoms with Crippen molar-refractivity contribution in [1.82, 2.24) is 24.8 Å². The fraction of sp³-hybridized carbons (Fsp3) is 0.500. The molecule has 0 radical (unpaired) electrons. The highest BCUT2D eigenvalue weighted by Crippen LogP contribution is 2.40. The summed E-state index contributed by atoms with van der Waals surface area (Å²) in [5.41, 5.74) is 2.13. The molecule has 2 aliphatic rings. The monoisotopic (exact) mass is 339 g/mol. The van der Waals surface area contributed by atoms with Crippen LogP contribution in [0.15, 0.2) is 24.7 Å². The first-order chi connectivity index (χ1) is 12.1. The number of aryl methyl sites for hydroxylation is 2. The number of hydrogen-bond donors (Lipinski definition) is 0. The van der Waals surface area contributed by atoms with E-state index in [1.807, 2.05) is 24.8 Å². The van der Waals surface area contributed by atoms with Crippen LogP contribution in [0.4, 0.5) is 0 Å². The van der Waals surface area contributed by atoms with Crippen LogP contribution in [0.1, 0.15) is 46.6 Å². The Morgan fingerprint density at radius 2 is 2.12 bits per heavy atom. The van der Waals surface area contributed by atoms with Crippen LogP contribution < -0.4 is 0 Å². The molecule has 25 heavy (non-hydrogen) atoms. The number of fused-ring (bicyclic) bond motifs is 1. The molecule has 2 aliphatic heterocycles. The van der Waals surface area contributed by atoms with Crippen molar-refractivity contribution < 1.29 is 9.53 Å². The molecule has 3 atom stereocenters. The maximum atomic E-state index is 12.6. The molecule has 4 rings (SSSR count). The normalized spacial score (nSPS) is 25.7. The number of likely N-dealkylation sites (tertiary alicyclic amines) is 1. The second kappa shape index (κ2) is 6.48. The number of amides is 1. The van der Waals surface area contributed by atoms with E-state index < -0.39 is 0 Å². The van der Waals surface area contributed by atoms with Crippen molar-refractivity contribution in [3.63, 3.8) is 0 Å². The van der Waals surface area contributed by atoms with Crippen molar-refractivity contribution in [2.24, 2.45) is 5.92 Å².